The van der Waals surface area contributed by atoms with E-state index in [1.165, 1.54) is 11.3 Å². The van der Waals surface area contributed by atoms with Crippen LogP contribution in [-0.4, -0.2) is 28.1 Å². The SMILES string of the molecule is CC1CCC(CO)(NC(=O)c2cncs2)CC1. The molecule has 0 aromatic carbocycles. The number of hydrogen-bond donors (Lipinski definition) is 2. The molecule has 1 heterocycles. The van der Waals surface area contributed by atoms with Crippen LogP contribution in [0.3, 0.4) is 0 Å². The lowest BCUT2D eigenvalue weighted by Gasteiger charge is -2.38. The maximum absolute atomic E-state index is 12.0. The minimum absolute atomic E-state index is 0.0181. The van der Waals surface area contributed by atoms with Crippen molar-refractivity contribution in [2.24, 2.45) is 5.92 Å². The molecule has 4 nitrogen and oxygen atoms in total. The summed E-state index contributed by atoms with van der Waals surface area (Å²) in [6.07, 6.45) is 5.40. The molecule has 0 bridgehead atoms. The predicted octanol–water partition coefficient (Wildman–Crippen LogP) is 1.81. The van der Waals surface area contributed by atoms with Gasteiger partial charge in [0.2, 0.25) is 0 Å². The van der Waals surface area contributed by atoms with Crippen LogP contribution < -0.4 is 5.32 Å². The van der Waals surface area contributed by atoms with Gasteiger partial charge in [-0.2, -0.15) is 0 Å². The average Bonchev–Trinajstić information content (AvgIpc) is 2.86. The molecule has 17 heavy (non-hydrogen) atoms. The summed E-state index contributed by atoms with van der Waals surface area (Å²) in [4.78, 5) is 16.5. The third-order valence-corrected chi connectivity index (χ3v) is 4.34. The van der Waals surface area contributed by atoms with Crippen molar-refractivity contribution in [2.45, 2.75) is 38.1 Å². The van der Waals surface area contributed by atoms with Crippen molar-refractivity contribution in [1.29, 1.82) is 0 Å². The van der Waals surface area contributed by atoms with E-state index in [0.717, 1.165) is 25.7 Å². The zero-order valence-corrected chi connectivity index (χ0v) is 10.8. The van der Waals surface area contributed by atoms with E-state index < -0.39 is 5.54 Å². The fraction of sp³-hybridized carbons (Fsp3) is 0.667. The molecule has 94 valence electrons. The maximum atomic E-state index is 12.0. The molecule has 1 saturated carbocycles. The lowest BCUT2D eigenvalue weighted by atomic mass is 9.77. The molecular weight excluding hydrogens is 236 g/mol. The number of amides is 1. The quantitative estimate of drug-likeness (QED) is 0.865. The summed E-state index contributed by atoms with van der Waals surface area (Å²) in [5.41, 5.74) is 1.22. The van der Waals surface area contributed by atoms with Crippen LogP contribution in [-0.2, 0) is 0 Å². The Balaban J connectivity index is 2.02. The number of aromatic nitrogens is 1. The van der Waals surface area contributed by atoms with E-state index in [1.54, 1.807) is 11.7 Å². The molecule has 0 spiro atoms. The van der Waals surface area contributed by atoms with Crippen LogP contribution in [0, 0.1) is 5.92 Å². The normalized spacial score (nSPS) is 28.9. The van der Waals surface area contributed by atoms with E-state index in [0.29, 0.717) is 10.8 Å². The van der Waals surface area contributed by atoms with Gasteiger partial charge < -0.3 is 10.4 Å². The highest BCUT2D eigenvalue weighted by molar-refractivity contribution is 7.11. The molecule has 1 aromatic heterocycles. The van der Waals surface area contributed by atoms with Gasteiger partial charge in [-0.05, 0) is 31.6 Å². The first kappa shape index (κ1) is 12.5. The highest BCUT2D eigenvalue weighted by Crippen LogP contribution is 2.31. The van der Waals surface area contributed by atoms with Crippen LogP contribution in [0.4, 0.5) is 0 Å². The topological polar surface area (TPSA) is 62.2 Å². The van der Waals surface area contributed by atoms with Crippen LogP contribution in [0.5, 0.6) is 0 Å². The summed E-state index contributed by atoms with van der Waals surface area (Å²) in [5.74, 6) is 0.575. The maximum Gasteiger partial charge on any atom is 0.263 e. The molecule has 0 atom stereocenters. The van der Waals surface area contributed by atoms with Crippen molar-refractivity contribution in [3.8, 4) is 0 Å². The fourth-order valence-corrected chi connectivity index (χ4v) is 2.78. The second-order valence-electron chi connectivity index (χ2n) is 4.94. The lowest BCUT2D eigenvalue weighted by molar-refractivity contribution is 0.0720. The molecule has 2 rings (SSSR count). The van der Waals surface area contributed by atoms with Crippen LogP contribution in [0.2, 0.25) is 0 Å². The number of aliphatic hydroxyl groups excluding tert-OH is 1. The van der Waals surface area contributed by atoms with Gasteiger partial charge in [0.1, 0.15) is 4.88 Å². The van der Waals surface area contributed by atoms with Gasteiger partial charge in [0, 0.05) is 0 Å². The second-order valence-corrected chi connectivity index (χ2v) is 5.83. The Kier molecular flexibility index (Phi) is 3.79. The van der Waals surface area contributed by atoms with Gasteiger partial charge in [0.15, 0.2) is 0 Å². The van der Waals surface area contributed by atoms with Gasteiger partial charge in [-0.1, -0.05) is 6.92 Å². The molecule has 0 radical (unpaired) electrons. The molecule has 1 aliphatic rings. The first-order chi connectivity index (χ1) is 8.15. The van der Waals surface area contributed by atoms with Crippen molar-refractivity contribution in [3.63, 3.8) is 0 Å². The van der Waals surface area contributed by atoms with E-state index >= 15 is 0 Å². The summed E-state index contributed by atoms with van der Waals surface area (Å²) in [6, 6.07) is 0. The van der Waals surface area contributed by atoms with Gasteiger partial charge >= 0.3 is 0 Å². The van der Waals surface area contributed by atoms with Crippen molar-refractivity contribution in [1.82, 2.24) is 10.3 Å². The van der Waals surface area contributed by atoms with Gasteiger partial charge in [0.05, 0.1) is 23.9 Å². The highest BCUT2D eigenvalue weighted by atomic mass is 32.1. The molecule has 2 N–H and O–H groups in total. The minimum atomic E-state index is -0.423. The molecule has 1 fully saturated rings. The second kappa shape index (κ2) is 5.14. The van der Waals surface area contributed by atoms with Gasteiger partial charge in [-0.15, -0.1) is 11.3 Å². The molecule has 5 heteroatoms. The summed E-state index contributed by atoms with van der Waals surface area (Å²) in [6.45, 7) is 2.23. The van der Waals surface area contributed by atoms with Gasteiger partial charge in [-0.25, -0.2) is 0 Å². The van der Waals surface area contributed by atoms with Gasteiger partial charge in [-0.3, -0.25) is 9.78 Å². The minimum Gasteiger partial charge on any atom is -0.394 e. The summed E-state index contributed by atoms with van der Waals surface area (Å²) in [5, 5.41) is 12.5. The van der Waals surface area contributed by atoms with Gasteiger partial charge in [0.25, 0.3) is 5.91 Å². The molecule has 0 unspecified atom stereocenters. The summed E-state index contributed by atoms with van der Waals surface area (Å²) in [7, 11) is 0. The molecule has 1 aromatic rings. The zero-order chi connectivity index (χ0) is 12.3. The Morgan fingerprint density at radius 3 is 2.88 bits per heavy atom. The monoisotopic (exact) mass is 254 g/mol. The Bertz CT molecular complexity index is 370. The van der Waals surface area contributed by atoms with E-state index in [4.69, 9.17) is 0 Å². The molecule has 0 aliphatic heterocycles. The number of rotatable bonds is 3. The largest absolute Gasteiger partial charge is 0.394 e. The first-order valence-electron chi connectivity index (χ1n) is 5.97. The number of carbonyl (C=O) groups is 1. The van der Waals surface area contributed by atoms with E-state index in [2.05, 4.69) is 17.2 Å². The van der Waals surface area contributed by atoms with Crippen LogP contribution in [0.1, 0.15) is 42.3 Å². The Hall–Kier alpha value is -0.940. The first-order valence-corrected chi connectivity index (χ1v) is 6.85. The summed E-state index contributed by atoms with van der Waals surface area (Å²) >= 11 is 1.32. The predicted molar refractivity (Wildman–Crippen MR) is 67.0 cm³/mol. The highest BCUT2D eigenvalue weighted by Gasteiger charge is 2.35. The smallest absolute Gasteiger partial charge is 0.263 e. The summed E-state index contributed by atoms with van der Waals surface area (Å²) < 4.78 is 0. The molecule has 1 aliphatic carbocycles. The third kappa shape index (κ3) is 2.84. The average molecular weight is 254 g/mol. The van der Waals surface area contributed by atoms with E-state index in [9.17, 15) is 9.90 Å². The molecule has 0 saturated heterocycles. The zero-order valence-electron chi connectivity index (χ0n) is 9.98. The third-order valence-electron chi connectivity index (χ3n) is 3.57. The molecule has 1 amide bonds. The van der Waals surface area contributed by atoms with Crippen molar-refractivity contribution in [3.05, 3.63) is 16.6 Å². The van der Waals surface area contributed by atoms with Crippen LogP contribution in [0.15, 0.2) is 11.7 Å². The van der Waals surface area contributed by atoms with E-state index in [-0.39, 0.29) is 12.5 Å². The fourth-order valence-electron chi connectivity index (χ4n) is 2.27. The number of hydrogen-bond acceptors (Lipinski definition) is 4. The Labute approximate surface area is 105 Å². The number of nitrogens with one attached hydrogen (secondary N) is 1. The standard InChI is InChI=1S/C12H18N2O2S/c1-9-2-4-12(7-15,5-3-9)14-11(16)10-6-13-8-17-10/h6,8-9,15H,2-5,7H2,1H3,(H,14,16). The van der Waals surface area contributed by atoms with Crippen LogP contribution >= 0.6 is 11.3 Å². The Morgan fingerprint density at radius 2 is 2.35 bits per heavy atom. The van der Waals surface area contributed by atoms with Crippen LogP contribution in [0.25, 0.3) is 0 Å². The molecular formula is C12H18N2O2S. The number of thiazole rings is 1. The van der Waals surface area contributed by atoms with Crippen molar-refractivity contribution < 1.29 is 9.90 Å². The number of nitrogens with zero attached hydrogens (tertiary/aromatic N) is 1. The Morgan fingerprint density at radius 1 is 1.65 bits per heavy atom. The number of aliphatic hydroxyl groups is 1. The lowest BCUT2D eigenvalue weighted by Crippen LogP contribution is -2.53. The van der Waals surface area contributed by atoms with E-state index in [1.807, 2.05) is 0 Å². The van der Waals surface area contributed by atoms with Crippen molar-refractivity contribution in [2.75, 3.05) is 6.61 Å². The number of carbonyl (C=O) groups excluding carboxylic acids is 1. The van der Waals surface area contributed by atoms with Crippen molar-refractivity contribution >= 4 is 17.2 Å².